The summed E-state index contributed by atoms with van der Waals surface area (Å²) in [6.45, 7) is 0. The number of hydrogen-bond donors (Lipinski definition) is 1. The summed E-state index contributed by atoms with van der Waals surface area (Å²) in [6.07, 6.45) is -0.589. The number of halogens is 4. The number of alkyl halides is 4. The maximum absolute atomic E-state index is 13.4. The molecule has 2 nitrogen and oxygen atoms in total. The van der Waals surface area contributed by atoms with Gasteiger partial charge in [-0.05, 0) is 42.0 Å². The third kappa shape index (κ3) is 3.50. The molecule has 36 heavy (non-hydrogen) atoms. The van der Waals surface area contributed by atoms with E-state index in [2.05, 4.69) is 9.55 Å². The van der Waals surface area contributed by atoms with E-state index in [1.165, 1.54) is 12.1 Å². The van der Waals surface area contributed by atoms with Crippen LogP contribution in [0.5, 0.6) is 0 Å². The molecule has 0 saturated heterocycles. The molecule has 1 atom stereocenters. The largest absolute Gasteiger partial charge is 0.416 e. The van der Waals surface area contributed by atoms with E-state index in [4.69, 9.17) is 11.6 Å². The fourth-order valence-corrected chi connectivity index (χ4v) is 5.39. The number of H-pyrrole nitrogens is 1. The third-order valence-electron chi connectivity index (χ3n) is 6.69. The van der Waals surface area contributed by atoms with Crippen LogP contribution in [0.2, 0.25) is 0 Å². The first-order valence-electron chi connectivity index (χ1n) is 11.5. The maximum atomic E-state index is 13.4. The summed E-state index contributed by atoms with van der Waals surface area (Å²) in [5.74, 6) is 0. The molecule has 6 heteroatoms. The Morgan fingerprint density at radius 1 is 0.639 bits per heavy atom. The molecule has 0 aliphatic heterocycles. The van der Waals surface area contributed by atoms with Gasteiger partial charge in [0.05, 0.1) is 11.1 Å². The molecule has 178 valence electrons. The van der Waals surface area contributed by atoms with E-state index in [-0.39, 0.29) is 0 Å². The van der Waals surface area contributed by atoms with Crippen molar-refractivity contribution in [2.75, 3.05) is 0 Å². The van der Waals surface area contributed by atoms with Gasteiger partial charge < -0.3 is 9.55 Å². The first-order valence-corrected chi connectivity index (χ1v) is 11.8. The normalized spacial score (nSPS) is 13.8. The molecule has 0 amide bonds. The average molecular weight is 501 g/mol. The van der Waals surface area contributed by atoms with Gasteiger partial charge in [-0.25, -0.2) is 0 Å². The predicted octanol–water partition coefficient (Wildman–Crippen LogP) is 8.66. The van der Waals surface area contributed by atoms with E-state index in [0.717, 1.165) is 50.8 Å². The number of fused-ring (bicyclic) bond motifs is 2. The summed E-state index contributed by atoms with van der Waals surface area (Å²) in [7, 11) is 0. The lowest BCUT2D eigenvalue weighted by atomic mass is 9.83. The molecular formula is C30H20ClF3N2. The first kappa shape index (κ1) is 22.5. The van der Waals surface area contributed by atoms with Crippen LogP contribution >= 0.6 is 11.6 Å². The van der Waals surface area contributed by atoms with Gasteiger partial charge in [-0.1, -0.05) is 66.7 Å². The Hall–Kier alpha value is -3.96. The van der Waals surface area contributed by atoms with E-state index >= 15 is 0 Å². The smallest absolute Gasteiger partial charge is 0.361 e. The van der Waals surface area contributed by atoms with Gasteiger partial charge >= 0.3 is 6.18 Å². The molecule has 0 aliphatic carbocycles. The van der Waals surface area contributed by atoms with Gasteiger partial charge in [-0.2, -0.15) is 13.2 Å². The van der Waals surface area contributed by atoms with Gasteiger partial charge in [0, 0.05) is 45.5 Å². The summed E-state index contributed by atoms with van der Waals surface area (Å²) in [5, 5.41) is 1.82. The molecule has 0 spiro atoms. The van der Waals surface area contributed by atoms with Crippen molar-refractivity contribution in [2.45, 2.75) is 11.1 Å². The van der Waals surface area contributed by atoms with Crippen LogP contribution < -0.4 is 0 Å². The van der Waals surface area contributed by atoms with E-state index in [1.807, 2.05) is 91.3 Å². The number of nitrogens with one attached hydrogen (secondary N) is 1. The van der Waals surface area contributed by atoms with E-state index in [1.54, 1.807) is 0 Å². The number of benzene rings is 4. The molecule has 4 aromatic carbocycles. The molecular weight excluding hydrogens is 481 g/mol. The highest BCUT2D eigenvalue weighted by molar-refractivity contribution is 6.30. The second-order valence-corrected chi connectivity index (χ2v) is 9.31. The highest BCUT2D eigenvalue weighted by atomic mass is 35.5. The van der Waals surface area contributed by atoms with Gasteiger partial charge in [-0.3, -0.25) is 0 Å². The first-order chi connectivity index (χ1) is 17.4. The summed E-state index contributed by atoms with van der Waals surface area (Å²) >= 11 is 7.67. The number of para-hydroxylation sites is 3. The predicted molar refractivity (Wildman–Crippen MR) is 139 cm³/mol. The van der Waals surface area contributed by atoms with Gasteiger partial charge in [-0.15, -0.1) is 11.6 Å². The van der Waals surface area contributed by atoms with Crippen molar-refractivity contribution in [3.05, 3.63) is 138 Å². The topological polar surface area (TPSA) is 20.7 Å². The van der Waals surface area contributed by atoms with Gasteiger partial charge in [0.1, 0.15) is 4.87 Å². The molecule has 2 aromatic heterocycles. The van der Waals surface area contributed by atoms with Crippen LogP contribution in [0.15, 0.2) is 116 Å². The Morgan fingerprint density at radius 2 is 1.25 bits per heavy atom. The molecule has 0 saturated carbocycles. The summed E-state index contributed by atoms with van der Waals surface area (Å²) < 4.78 is 42.2. The zero-order valence-electron chi connectivity index (χ0n) is 18.9. The minimum Gasteiger partial charge on any atom is -0.361 e. The van der Waals surface area contributed by atoms with Crippen LogP contribution in [0.4, 0.5) is 13.2 Å². The Bertz CT molecular complexity index is 1680. The minimum atomic E-state index is -4.43. The molecule has 1 unspecified atom stereocenters. The van der Waals surface area contributed by atoms with Crippen molar-refractivity contribution < 1.29 is 13.2 Å². The van der Waals surface area contributed by atoms with Crippen molar-refractivity contribution >= 4 is 33.4 Å². The van der Waals surface area contributed by atoms with Crippen LogP contribution in [-0.2, 0) is 11.1 Å². The Morgan fingerprint density at radius 3 is 1.97 bits per heavy atom. The van der Waals surface area contributed by atoms with Crippen molar-refractivity contribution in [1.82, 2.24) is 9.55 Å². The van der Waals surface area contributed by atoms with Crippen molar-refractivity contribution in [2.24, 2.45) is 0 Å². The zero-order valence-corrected chi connectivity index (χ0v) is 19.7. The SMILES string of the molecule is FC(F)(F)c1ccc(C(Cl)(c2c[nH]c3ccccc23)c2cn(-c3ccccc3)c3ccccc23)cc1. The molecule has 6 rings (SSSR count). The lowest BCUT2D eigenvalue weighted by Crippen LogP contribution is -2.22. The quantitative estimate of drug-likeness (QED) is 0.234. The van der Waals surface area contributed by atoms with Gasteiger partial charge in [0.2, 0.25) is 0 Å². The Kier molecular flexibility index (Phi) is 5.20. The zero-order chi connectivity index (χ0) is 24.9. The Labute approximate surface area is 210 Å². The minimum absolute atomic E-state index is 0.554. The van der Waals surface area contributed by atoms with Crippen LogP contribution in [-0.4, -0.2) is 9.55 Å². The maximum Gasteiger partial charge on any atom is 0.416 e. The second kappa shape index (κ2) is 8.32. The summed E-state index contributed by atoms with van der Waals surface area (Å²) in [5.41, 5.74) is 4.22. The standard InChI is InChI=1S/C30H20ClF3N2/c31-29(20-14-16-21(17-15-20)30(32,33)34,25-18-35-27-12-6-4-10-23(25)27)26-19-36(22-8-2-1-3-9-22)28-13-7-5-11-24(26)28/h1-19,35H. The van der Waals surface area contributed by atoms with Crippen LogP contribution in [0.25, 0.3) is 27.5 Å². The van der Waals surface area contributed by atoms with Crippen molar-refractivity contribution in [3.8, 4) is 5.69 Å². The van der Waals surface area contributed by atoms with Crippen LogP contribution in [0, 0.1) is 0 Å². The number of aromatic nitrogens is 2. The molecule has 2 heterocycles. The summed E-state index contributed by atoms with van der Waals surface area (Å²) in [6, 6.07) is 30.8. The highest BCUT2D eigenvalue weighted by Crippen LogP contribution is 2.49. The molecule has 6 aromatic rings. The van der Waals surface area contributed by atoms with Gasteiger partial charge in [0.15, 0.2) is 0 Å². The van der Waals surface area contributed by atoms with Crippen LogP contribution in [0.1, 0.15) is 22.3 Å². The van der Waals surface area contributed by atoms with E-state index in [9.17, 15) is 13.2 Å². The van der Waals surface area contributed by atoms with Gasteiger partial charge in [0.25, 0.3) is 0 Å². The van der Waals surface area contributed by atoms with Crippen molar-refractivity contribution in [3.63, 3.8) is 0 Å². The van der Waals surface area contributed by atoms with E-state index in [0.29, 0.717) is 5.56 Å². The molecule has 0 fully saturated rings. The van der Waals surface area contributed by atoms with Crippen LogP contribution in [0.3, 0.4) is 0 Å². The molecule has 0 aliphatic rings. The number of rotatable bonds is 4. The van der Waals surface area contributed by atoms with E-state index < -0.39 is 16.6 Å². The molecule has 0 bridgehead atoms. The number of aromatic amines is 1. The highest BCUT2D eigenvalue weighted by Gasteiger charge is 2.40. The number of nitrogens with zero attached hydrogens (tertiary/aromatic N) is 1. The third-order valence-corrected chi connectivity index (χ3v) is 7.31. The van der Waals surface area contributed by atoms with Crippen molar-refractivity contribution in [1.29, 1.82) is 0 Å². The molecule has 1 N–H and O–H groups in total. The fourth-order valence-electron chi connectivity index (χ4n) is 4.96. The monoisotopic (exact) mass is 500 g/mol. The Balaban J connectivity index is 1.67. The fraction of sp³-hybridized carbons (Fsp3) is 0.0667. The molecule has 0 radical (unpaired) electrons. The summed E-state index contributed by atoms with van der Waals surface area (Å²) in [4.78, 5) is 2.02. The lowest BCUT2D eigenvalue weighted by molar-refractivity contribution is -0.137. The lowest BCUT2D eigenvalue weighted by Gasteiger charge is -2.28. The average Bonchev–Trinajstić information content (AvgIpc) is 3.51. The number of hydrogen-bond acceptors (Lipinski definition) is 0. The second-order valence-electron chi connectivity index (χ2n) is 8.75.